The second kappa shape index (κ2) is 10.9. The Morgan fingerprint density at radius 3 is 1.69 bits per heavy atom. The van der Waals surface area contributed by atoms with Gasteiger partial charge in [0.1, 0.15) is 11.1 Å². The maximum atomic E-state index is 6.14. The van der Waals surface area contributed by atoms with E-state index in [9.17, 15) is 0 Å². The number of aromatic nitrogens is 4. The average Bonchev–Trinajstić information content (AvgIpc) is 3.56. The van der Waals surface area contributed by atoms with Crippen molar-refractivity contribution in [1.82, 2.24) is 19.9 Å². The molecule has 0 unspecified atom stereocenters. The standard InChI is InChI=1S/C44H26N4O/c1-3-10-29-24-33(19-17-27(29)8-1)42-46-43(34-20-18-28-9-2-4-11-30(28)25-34)48-44(47-42)37-14-5-12-31-26-32(21-22-35(31)37)36-13-6-15-38-40(36)41-39(49-38)16-7-23-45-41/h1-26H. The summed E-state index contributed by atoms with van der Waals surface area (Å²) >= 11 is 0. The van der Waals surface area contributed by atoms with Gasteiger partial charge in [-0.2, -0.15) is 0 Å². The highest BCUT2D eigenvalue weighted by atomic mass is 16.3. The van der Waals surface area contributed by atoms with Gasteiger partial charge < -0.3 is 4.42 Å². The Labute approximate surface area is 281 Å². The normalized spacial score (nSPS) is 11.7. The van der Waals surface area contributed by atoms with E-state index in [2.05, 4.69) is 132 Å². The molecule has 7 aromatic carbocycles. The van der Waals surface area contributed by atoms with Gasteiger partial charge in [0.05, 0.1) is 5.39 Å². The number of fused-ring (bicyclic) bond motifs is 6. The van der Waals surface area contributed by atoms with Crippen molar-refractivity contribution in [2.45, 2.75) is 0 Å². The quantitative estimate of drug-likeness (QED) is 0.194. The van der Waals surface area contributed by atoms with Crippen LogP contribution in [-0.2, 0) is 0 Å². The van der Waals surface area contributed by atoms with Crippen molar-refractivity contribution >= 4 is 54.4 Å². The van der Waals surface area contributed by atoms with E-state index >= 15 is 0 Å². The molecule has 5 nitrogen and oxygen atoms in total. The van der Waals surface area contributed by atoms with Gasteiger partial charge in [-0.3, -0.25) is 4.98 Å². The molecule has 0 aliphatic carbocycles. The van der Waals surface area contributed by atoms with E-state index in [-0.39, 0.29) is 0 Å². The lowest BCUT2D eigenvalue weighted by Gasteiger charge is -2.12. The third-order valence-electron chi connectivity index (χ3n) is 9.34. The summed E-state index contributed by atoms with van der Waals surface area (Å²) in [7, 11) is 0. The van der Waals surface area contributed by atoms with Crippen molar-refractivity contribution in [2.24, 2.45) is 0 Å². The molecular weight excluding hydrogens is 601 g/mol. The summed E-state index contributed by atoms with van der Waals surface area (Å²) in [6.07, 6.45) is 1.81. The summed E-state index contributed by atoms with van der Waals surface area (Å²) in [5.74, 6) is 1.91. The van der Waals surface area contributed by atoms with Gasteiger partial charge in [0, 0.05) is 22.9 Å². The highest BCUT2D eigenvalue weighted by Gasteiger charge is 2.17. The minimum Gasteiger partial charge on any atom is -0.454 e. The number of hydrogen-bond donors (Lipinski definition) is 0. The van der Waals surface area contributed by atoms with Gasteiger partial charge in [0.15, 0.2) is 23.1 Å². The highest BCUT2D eigenvalue weighted by molar-refractivity contribution is 6.11. The highest BCUT2D eigenvalue weighted by Crippen LogP contribution is 2.38. The van der Waals surface area contributed by atoms with Crippen LogP contribution >= 0.6 is 0 Å². The summed E-state index contributed by atoms with van der Waals surface area (Å²) < 4.78 is 6.14. The van der Waals surface area contributed by atoms with E-state index in [1.54, 1.807) is 0 Å². The number of hydrogen-bond acceptors (Lipinski definition) is 5. The molecule has 0 aliphatic heterocycles. The Kier molecular flexibility index (Phi) is 6.11. The molecule has 0 atom stereocenters. The first-order valence-electron chi connectivity index (χ1n) is 16.3. The fourth-order valence-electron chi connectivity index (χ4n) is 6.94. The van der Waals surface area contributed by atoms with Gasteiger partial charge >= 0.3 is 0 Å². The molecule has 0 aliphatic rings. The zero-order valence-corrected chi connectivity index (χ0v) is 26.2. The maximum Gasteiger partial charge on any atom is 0.164 e. The summed E-state index contributed by atoms with van der Waals surface area (Å²) in [5.41, 5.74) is 7.49. The van der Waals surface area contributed by atoms with E-state index in [1.807, 2.05) is 30.5 Å². The van der Waals surface area contributed by atoms with Gasteiger partial charge in [-0.05, 0) is 79.8 Å². The largest absolute Gasteiger partial charge is 0.454 e. The molecule has 0 bridgehead atoms. The van der Waals surface area contributed by atoms with Crippen LogP contribution in [0.2, 0.25) is 0 Å². The molecule has 10 aromatic rings. The molecule has 0 amide bonds. The second-order valence-corrected chi connectivity index (χ2v) is 12.3. The third-order valence-corrected chi connectivity index (χ3v) is 9.34. The summed E-state index contributed by atoms with van der Waals surface area (Å²) in [4.78, 5) is 20.0. The molecule has 228 valence electrons. The monoisotopic (exact) mass is 626 g/mol. The lowest BCUT2D eigenvalue weighted by atomic mass is 9.96. The van der Waals surface area contributed by atoms with Crippen LogP contribution < -0.4 is 0 Å². The van der Waals surface area contributed by atoms with Crippen molar-refractivity contribution in [3.05, 3.63) is 158 Å². The van der Waals surface area contributed by atoms with Crippen LogP contribution in [0, 0.1) is 0 Å². The van der Waals surface area contributed by atoms with Crippen LogP contribution in [0.3, 0.4) is 0 Å². The second-order valence-electron chi connectivity index (χ2n) is 12.3. The van der Waals surface area contributed by atoms with Gasteiger partial charge in [-0.1, -0.05) is 115 Å². The van der Waals surface area contributed by atoms with Gasteiger partial charge in [-0.25, -0.2) is 15.0 Å². The molecule has 3 aromatic heterocycles. The van der Waals surface area contributed by atoms with Gasteiger partial charge in [-0.15, -0.1) is 0 Å². The Balaban J connectivity index is 1.16. The molecular formula is C44H26N4O. The van der Waals surface area contributed by atoms with E-state index < -0.39 is 0 Å². The summed E-state index contributed by atoms with van der Waals surface area (Å²) in [5, 5.41) is 7.81. The number of furan rings is 1. The molecule has 0 saturated carbocycles. The van der Waals surface area contributed by atoms with Crippen LogP contribution in [0.15, 0.2) is 162 Å². The Bertz CT molecular complexity index is 2810. The maximum absolute atomic E-state index is 6.14. The minimum atomic E-state index is 0.631. The smallest absolute Gasteiger partial charge is 0.164 e. The molecule has 3 heterocycles. The van der Waals surface area contributed by atoms with Crippen molar-refractivity contribution in [2.75, 3.05) is 0 Å². The van der Waals surface area contributed by atoms with E-state index in [4.69, 9.17) is 19.4 Å². The molecule has 49 heavy (non-hydrogen) atoms. The predicted octanol–water partition coefficient (Wildman–Crippen LogP) is 11.3. The van der Waals surface area contributed by atoms with Gasteiger partial charge in [0.2, 0.25) is 0 Å². The number of nitrogens with zero attached hydrogens (tertiary/aromatic N) is 4. The molecule has 0 radical (unpaired) electrons. The first kappa shape index (κ1) is 27.4. The summed E-state index contributed by atoms with van der Waals surface area (Å²) in [6, 6.07) is 52.4. The number of benzene rings is 7. The van der Waals surface area contributed by atoms with Crippen LogP contribution in [0.1, 0.15) is 0 Å². The number of rotatable bonds is 4. The fraction of sp³-hybridized carbons (Fsp3) is 0. The lowest BCUT2D eigenvalue weighted by Crippen LogP contribution is -2.00. The molecule has 0 N–H and O–H groups in total. The predicted molar refractivity (Wildman–Crippen MR) is 199 cm³/mol. The molecule has 0 spiro atoms. The Morgan fingerprint density at radius 2 is 0.959 bits per heavy atom. The zero-order chi connectivity index (χ0) is 32.3. The number of pyridine rings is 1. The SMILES string of the molecule is c1ccc2cc(-c3nc(-c4ccc5ccccc5c4)nc(-c4cccc5cc(-c6cccc7oc8cccnc8c67)ccc45)n3)ccc2c1. The van der Waals surface area contributed by atoms with Gasteiger partial charge in [0.25, 0.3) is 0 Å². The Hall–Kier alpha value is -6.72. The van der Waals surface area contributed by atoms with Crippen molar-refractivity contribution in [1.29, 1.82) is 0 Å². The first-order valence-corrected chi connectivity index (χ1v) is 16.3. The average molecular weight is 627 g/mol. The van der Waals surface area contributed by atoms with E-state index in [0.717, 1.165) is 71.4 Å². The Morgan fingerprint density at radius 1 is 0.388 bits per heavy atom. The van der Waals surface area contributed by atoms with Crippen LogP contribution in [0.5, 0.6) is 0 Å². The topological polar surface area (TPSA) is 64.7 Å². The lowest BCUT2D eigenvalue weighted by molar-refractivity contribution is 0.668. The van der Waals surface area contributed by atoms with E-state index in [0.29, 0.717) is 17.5 Å². The fourth-order valence-corrected chi connectivity index (χ4v) is 6.94. The molecule has 0 fully saturated rings. The molecule has 5 heteroatoms. The third kappa shape index (κ3) is 4.63. The molecule has 0 saturated heterocycles. The van der Waals surface area contributed by atoms with Crippen LogP contribution in [0.4, 0.5) is 0 Å². The zero-order valence-electron chi connectivity index (χ0n) is 26.2. The van der Waals surface area contributed by atoms with Crippen molar-refractivity contribution in [3.63, 3.8) is 0 Å². The van der Waals surface area contributed by atoms with Crippen LogP contribution in [0.25, 0.3) is 99.7 Å². The first-order chi connectivity index (χ1) is 24.2. The van der Waals surface area contributed by atoms with Crippen molar-refractivity contribution < 1.29 is 4.42 Å². The molecule has 10 rings (SSSR count). The van der Waals surface area contributed by atoms with Crippen molar-refractivity contribution in [3.8, 4) is 45.3 Å². The minimum absolute atomic E-state index is 0.631. The summed E-state index contributed by atoms with van der Waals surface area (Å²) in [6.45, 7) is 0. The van der Waals surface area contributed by atoms with E-state index in [1.165, 1.54) is 10.8 Å². The van der Waals surface area contributed by atoms with Crippen LogP contribution in [-0.4, -0.2) is 19.9 Å².